The molecular formula is C19H24NO+. The molecule has 3 rings (SSSR count). The Hall–Kier alpha value is -1.80. The van der Waals surface area contributed by atoms with E-state index in [0.29, 0.717) is 6.04 Å². The van der Waals surface area contributed by atoms with Gasteiger partial charge in [-0.05, 0) is 49.6 Å². The molecule has 1 aliphatic rings. The fraction of sp³-hybridized carbons (Fsp3) is 0.368. The van der Waals surface area contributed by atoms with Crippen molar-refractivity contribution < 1.29 is 10.1 Å². The predicted octanol–water partition coefficient (Wildman–Crippen LogP) is 3.23. The summed E-state index contributed by atoms with van der Waals surface area (Å²) < 4.78 is 5.49. The fourth-order valence-corrected chi connectivity index (χ4v) is 3.20. The maximum Gasteiger partial charge on any atom is 0.119 e. The molecule has 2 aromatic rings. The Morgan fingerprint density at radius 1 is 1.10 bits per heavy atom. The second-order valence-corrected chi connectivity index (χ2v) is 5.71. The minimum atomic E-state index is 0.613. The van der Waals surface area contributed by atoms with Crippen molar-refractivity contribution >= 4 is 0 Å². The first-order valence-electron chi connectivity index (χ1n) is 7.99. The van der Waals surface area contributed by atoms with Crippen molar-refractivity contribution in [3.05, 3.63) is 65.2 Å². The first-order valence-corrected chi connectivity index (χ1v) is 7.99. The summed E-state index contributed by atoms with van der Waals surface area (Å²) in [6, 6.07) is 18.0. The monoisotopic (exact) mass is 282 g/mol. The third-order valence-corrected chi connectivity index (χ3v) is 4.29. The van der Waals surface area contributed by atoms with Gasteiger partial charge in [0, 0.05) is 17.5 Å². The molecule has 0 spiro atoms. The number of ether oxygens (including phenoxy) is 1. The number of quaternary nitrogens is 1. The van der Waals surface area contributed by atoms with Crippen molar-refractivity contribution in [2.45, 2.75) is 38.8 Å². The van der Waals surface area contributed by atoms with E-state index >= 15 is 0 Å². The van der Waals surface area contributed by atoms with Crippen molar-refractivity contribution in [3.8, 4) is 5.75 Å². The standard InChI is InChI=1S/C19H23NO/c1-2-21-17-12-10-15(11-13-17)14-20-19-9-5-7-16-6-3-4-8-18(16)19/h3-4,6,8,10-13,19-20H,2,5,7,9,14H2,1H3/p+1/t19-/m0/s1. The molecular weight excluding hydrogens is 258 g/mol. The third-order valence-electron chi connectivity index (χ3n) is 4.29. The predicted molar refractivity (Wildman–Crippen MR) is 85.4 cm³/mol. The molecule has 0 unspecified atom stereocenters. The summed E-state index contributed by atoms with van der Waals surface area (Å²) in [6.07, 6.45) is 3.83. The molecule has 1 atom stereocenters. The molecule has 0 saturated heterocycles. The van der Waals surface area contributed by atoms with Gasteiger partial charge in [-0.1, -0.05) is 24.3 Å². The number of hydrogen-bond acceptors (Lipinski definition) is 1. The van der Waals surface area contributed by atoms with Crippen LogP contribution in [-0.2, 0) is 13.0 Å². The molecule has 2 N–H and O–H groups in total. The Morgan fingerprint density at radius 3 is 2.71 bits per heavy atom. The van der Waals surface area contributed by atoms with Gasteiger partial charge in [-0.3, -0.25) is 0 Å². The largest absolute Gasteiger partial charge is 0.494 e. The Morgan fingerprint density at radius 2 is 1.90 bits per heavy atom. The SMILES string of the molecule is CCOc1ccc(C[NH2+][C@H]2CCCc3ccccc32)cc1. The van der Waals surface area contributed by atoms with Gasteiger partial charge in [0.1, 0.15) is 18.3 Å². The van der Waals surface area contributed by atoms with Crippen molar-refractivity contribution in [3.63, 3.8) is 0 Å². The van der Waals surface area contributed by atoms with Gasteiger partial charge in [-0.2, -0.15) is 0 Å². The van der Waals surface area contributed by atoms with E-state index < -0.39 is 0 Å². The topological polar surface area (TPSA) is 25.8 Å². The second-order valence-electron chi connectivity index (χ2n) is 5.71. The summed E-state index contributed by atoms with van der Waals surface area (Å²) in [5, 5.41) is 2.48. The lowest BCUT2D eigenvalue weighted by molar-refractivity contribution is -0.712. The highest BCUT2D eigenvalue weighted by Crippen LogP contribution is 2.26. The van der Waals surface area contributed by atoms with Crippen molar-refractivity contribution in [1.29, 1.82) is 0 Å². The summed E-state index contributed by atoms with van der Waals surface area (Å²) in [5.41, 5.74) is 4.44. The minimum Gasteiger partial charge on any atom is -0.494 e. The highest BCUT2D eigenvalue weighted by Gasteiger charge is 2.21. The van der Waals surface area contributed by atoms with Crippen LogP contribution < -0.4 is 10.1 Å². The Balaban J connectivity index is 1.63. The van der Waals surface area contributed by atoms with Crippen molar-refractivity contribution in [2.75, 3.05) is 6.61 Å². The van der Waals surface area contributed by atoms with Crippen LogP contribution in [0.15, 0.2) is 48.5 Å². The van der Waals surface area contributed by atoms with Gasteiger partial charge < -0.3 is 10.1 Å². The van der Waals surface area contributed by atoms with Crippen molar-refractivity contribution in [2.24, 2.45) is 0 Å². The first kappa shape index (κ1) is 14.2. The molecule has 110 valence electrons. The van der Waals surface area contributed by atoms with Crippen LogP contribution in [0.4, 0.5) is 0 Å². The third kappa shape index (κ3) is 3.45. The maximum absolute atomic E-state index is 5.49. The molecule has 2 heteroatoms. The number of fused-ring (bicyclic) bond motifs is 1. The Bertz CT molecular complexity index is 576. The highest BCUT2D eigenvalue weighted by atomic mass is 16.5. The number of aryl methyl sites for hydroxylation is 1. The lowest BCUT2D eigenvalue weighted by Gasteiger charge is -2.23. The average molecular weight is 282 g/mol. The zero-order valence-electron chi connectivity index (χ0n) is 12.7. The van der Waals surface area contributed by atoms with Gasteiger partial charge in [-0.15, -0.1) is 0 Å². The van der Waals surface area contributed by atoms with Gasteiger partial charge in [0.2, 0.25) is 0 Å². The number of benzene rings is 2. The molecule has 21 heavy (non-hydrogen) atoms. The summed E-state index contributed by atoms with van der Waals surface area (Å²) in [4.78, 5) is 0. The fourth-order valence-electron chi connectivity index (χ4n) is 3.20. The van der Waals surface area contributed by atoms with Crippen LogP contribution in [0.1, 0.15) is 42.5 Å². The van der Waals surface area contributed by atoms with Crippen molar-refractivity contribution in [1.82, 2.24) is 0 Å². The van der Waals surface area contributed by atoms with Gasteiger partial charge in [0.15, 0.2) is 0 Å². The summed E-state index contributed by atoms with van der Waals surface area (Å²) in [5.74, 6) is 0.962. The van der Waals surface area contributed by atoms with Crippen LogP contribution in [0.3, 0.4) is 0 Å². The van der Waals surface area contributed by atoms with Gasteiger partial charge in [0.25, 0.3) is 0 Å². The summed E-state index contributed by atoms with van der Waals surface area (Å²) >= 11 is 0. The molecule has 2 aromatic carbocycles. The second kappa shape index (κ2) is 6.77. The minimum absolute atomic E-state index is 0.613. The van der Waals surface area contributed by atoms with E-state index in [0.717, 1.165) is 18.9 Å². The van der Waals surface area contributed by atoms with E-state index in [1.807, 2.05) is 6.92 Å². The Kier molecular flexibility index (Phi) is 4.56. The zero-order chi connectivity index (χ0) is 14.5. The van der Waals surface area contributed by atoms with E-state index in [9.17, 15) is 0 Å². The van der Waals surface area contributed by atoms with Gasteiger partial charge >= 0.3 is 0 Å². The highest BCUT2D eigenvalue weighted by molar-refractivity contribution is 5.31. The van der Waals surface area contributed by atoms with E-state index in [4.69, 9.17) is 4.74 Å². The molecule has 0 bridgehead atoms. The molecule has 2 nitrogen and oxygen atoms in total. The molecule has 0 aromatic heterocycles. The van der Waals surface area contributed by atoms with Gasteiger partial charge in [0.05, 0.1) is 6.61 Å². The molecule has 1 aliphatic carbocycles. The lowest BCUT2D eigenvalue weighted by Crippen LogP contribution is -2.84. The molecule has 0 radical (unpaired) electrons. The van der Waals surface area contributed by atoms with Gasteiger partial charge in [-0.25, -0.2) is 0 Å². The number of rotatable bonds is 5. The average Bonchev–Trinajstić information content (AvgIpc) is 2.54. The first-order chi connectivity index (χ1) is 10.4. The van der Waals surface area contributed by atoms with E-state index in [1.54, 1.807) is 0 Å². The summed E-state index contributed by atoms with van der Waals surface area (Å²) in [6.45, 7) is 3.78. The summed E-state index contributed by atoms with van der Waals surface area (Å²) in [7, 11) is 0. The number of nitrogens with two attached hydrogens (primary N) is 1. The molecule has 0 aliphatic heterocycles. The van der Waals surface area contributed by atoms with Crippen LogP contribution in [0.2, 0.25) is 0 Å². The smallest absolute Gasteiger partial charge is 0.119 e. The zero-order valence-corrected chi connectivity index (χ0v) is 12.7. The van der Waals surface area contributed by atoms with Crippen LogP contribution in [-0.4, -0.2) is 6.61 Å². The lowest BCUT2D eigenvalue weighted by atomic mass is 9.87. The normalized spacial score (nSPS) is 17.3. The van der Waals surface area contributed by atoms with Crippen LogP contribution in [0, 0.1) is 0 Å². The van der Waals surface area contributed by atoms with E-state index in [-0.39, 0.29) is 0 Å². The molecule has 0 saturated carbocycles. The van der Waals surface area contributed by atoms with Crippen LogP contribution >= 0.6 is 0 Å². The molecule has 0 fully saturated rings. The van der Waals surface area contributed by atoms with Crippen LogP contribution in [0.5, 0.6) is 5.75 Å². The van der Waals surface area contributed by atoms with E-state index in [1.165, 1.54) is 36.0 Å². The number of hydrogen-bond donors (Lipinski definition) is 1. The Labute approximate surface area is 127 Å². The van der Waals surface area contributed by atoms with Crippen LogP contribution in [0.25, 0.3) is 0 Å². The quantitative estimate of drug-likeness (QED) is 0.895. The molecule has 0 amide bonds. The maximum atomic E-state index is 5.49. The molecule has 0 heterocycles. The van der Waals surface area contributed by atoms with E-state index in [2.05, 4.69) is 53.8 Å².